The molecule has 0 aliphatic carbocycles. The molecule has 0 aromatic carbocycles. The summed E-state index contributed by atoms with van der Waals surface area (Å²) in [6.45, 7) is 2.55. The Bertz CT molecular complexity index is 540. The maximum atomic E-state index is 5.95. The van der Waals surface area contributed by atoms with Gasteiger partial charge in [0.05, 0.1) is 6.54 Å². The Kier molecular flexibility index (Phi) is 3.74. The van der Waals surface area contributed by atoms with E-state index in [-0.39, 0.29) is 5.28 Å². The molecule has 0 radical (unpaired) electrons. The average molecular weight is 297 g/mol. The van der Waals surface area contributed by atoms with Gasteiger partial charge in [-0.25, -0.2) is 4.98 Å². The predicted octanol–water partition coefficient (Wildman–Crippen LogP) is 2.19. The van der Waals surface area contributed by atoms with Crippen molar-refractivity contribution in [2.45, 2.75) is 19.4 Å². The van der Waals surface area contributed by atoms with Crippen LogP contribution in [-0.2, 0) is 6.54 Å². The lowest BCUT2D eigenvalue weighted by atomic mass is 10.4. The molecule has 0 atom stereocenters. The van der Waals surface area contributed by atoms with E-state index in [0.29, 0.717) is 18.4 Å². The Morgan fingerprint density at radius 2 is 2.11 bits per heavy atom. The first kappa shape index (κ1) is 12.6. The maximum absolute atomic E-state index is 5.95. The molecule has 2 aromatic rings. The quantitative estimate of drug-likeness (QED) is 0.933. The molecular formula is C11H13ClN6S. The Balaban J connectivity index is 1.73. The molecule has 6 nitrogen and oxygen atoms in total. The van der Waals surface area contributed by atoms with Gasteiger partial charge in [-0.05, 0) is 24.4 Å². The van der Waals surface area contributed by atoms with Gasteiger partial charge < -0.3 is 10.2 Å². The van der Waals surface area contributed by atoms with E-state index in [1.807, 2.05) is 5.38 Å². The molecule has 1 aliphatic heterocycles. The number of hydrogen-bond acceptors (Lipinski definition) is 7. The van der Waals surface area contributed by atoms with Crippen molar-refractivity contribution < 1.29 is 0 Å². The fourth-order valence-electron chi connectivity index (χ4n) is 1.97. The first-order valence-electron chi connectivity index (χ1n) is 6.10. The zero-order valence-electron chi connectivity index (χ0n) is 10.2. The molecular weight excluding hydrogens is 284 g/mol. The summed E-state index contributed by atoms with van der Waals surface area (Å²) < 4.78 is 0. The van der Waals surface area contributed by atoms with Crippen LogP contribution in [0.25, 0.3) is 0 Å². The van der Waals surface area contributed by atoms with E-state index >= 15 is 0 Å². The molecule has 0 spiro atoms. The molecule has 0 saturated carbocycles. The summed E-state index contributed by atoms with van der Waals surface area (Å²) in [5, 5.41) is 6.27. The Hall–Kier alpha value is -1.47. The second-order valence-corrected chi connectivity index (χ2v) is 5.52. The lowest BCUT2D eigenvalue weighted by Gasteiger charge is -2.15. The molecule has 3 rings (SSSR count). The van der Waals surface area contributed by atoms with Crippen LogP contribution in [0.5, 0.6) is 0 Å². The molecule has 2 aromatic heterocycles. The lowest BCUT2D eigenvalue weighted by Crippen LogP contribution is -2.21. The van der Waals surface area contributed by atoms with Gasteiger partial charge in [-0.15, -0.1) is 11.3 Å². The van der Waals surface area contributed by atoms with Crippen molar-refractivity contribution in [3.05, 3.63) is 21.9 Å². The Morgan fingerprint density at radius 3 is 2.84 bits per heavy atom. The van der Waals surface area contributed by atoms with E-state index in [1.165, 1.54) is 12.8 Å². The van der Waals surface area contributed by atoms with Crippen molar-refractivity contribution in [1.82, 2.24) is 19.9 Å². The summed E-state index contributed by atoms with van der Waals surface area (Å²) in [5.74, 6) is 1.15. The first-order chi connectivity index (χ1) is 9.31. The first-order valence-corrected chi connectivity index (χ1v) is 7.36. The Labute approximate surface area is 119 Å². The van der Waals surface area contributed by atoms with Crippen LogP contribution in [0.4, 0.5) is 11.9 Å². The number of aromatic nitrogens is 4. The molecule has 1 fully saturated rings. The summed E-state index contributed by atoms with van der Waals surface area (Å²) in [5.41, 5.74) is 0. The van der Waals surface area contributed by atoms with Gasteiger partial charge in [0.1, 0.15) is 5.01 Å². The molecule has 100 valence electrons. The summed E-state index contributed by atoms with van der Waals surface area (Å²) in [6, 6.07) is 0. The summed E-state index contributed by atoms with van der Waals surface area (Å²) in [7, 11) is 0. The van der Waals surface area contributed by atoms with E-state index in [4.69, 9.17) is 11.6 Å². The van der Waals surface area contributed by atoms with Crippen LogP contribution in [0.1, 0.15) is 17.8 Å². The third-order valence-corrected chi connectivity index (χ3v) is 3.82. The van der Waals surface area contributed by atoms with Gasteiger partial charge in [0.2, 0.25) is 17.2 Å². The second-order valence-electron chi connectivity index (χ2n) is 4.20. The van der Waals surface area contributed by atoms with E-state index in [1.54, 1.807) is 17.5 Å². The van der Waals surface area contributed by atoms with Crippen LogP contribution in [-0.4, -0.2) is 33.0 Å². The zero-order chi connectivity index (χ0) is 13.1. The van der Waals surface area contributed by atoms with E-state index in [2.05, 4.69) is 30.2 Å². The highest BCUT2D eigenvalue weighted by molar-refractivity contribution is 7.09. The standard InChI is InChI=1S/C11H13ClN6S/c12-9-15-10(14-7-8-13-3-6-19-8)17-11(16-9)18-4-1-2-5-18/h3,6H,1-2,4-5,7H2,(H,14,15,16,17). The molecule has 0 unspecified atom stereocenters. The fourth-order valence-corrected chi connectivity index (χ4v) is 2.68. The number of thiazole rings is 1. The van der Waals surface area contributed by atoms with Crippen molar-refractivity contribution in [3.8, 4) is 0 Å². The lowest BCUT2D eigenvalue weighted by molar-refractivity contribution is 0.875. The SMILES string of the molecule is Clc1nc(NCc2nccs2)nc(N2CCCC2)n1. The van der Waals surface area contributed by atoms with Crippen molar-refractivity contribution >= 4 is 34.8 Å². The van der Waals surface area contributed by atoms with Crippen LogP contribution in [0.15, 0.2) is 11.6 Å². The highest BCUT2D eigenvalue weighted by Gasteiger charge is 2.16. The van der Waals surface area contributed by atoms with E-state index < -0.39 is 0 Å². The average Bonchev–Trinajstić information content (AvgIpc) is 3.09. The summed E-state index contributed by atoms with van der Waals surface area (Å²) in [4.78, 5) is 19.0. The van der Waals surface area contributed by atoms with Crippen LogP contribution in [0.2, 0.25) is 5.28 Å². The van der Waals surface area contributed by atoms with Gasteiger partial charge in [0.15, 0.2) is 0 Å². The highest BCUT2D eigenvalue weighted by atomic mass is 35.5. The minimum atomic E-state index is 0.221. The van der Waals surface area contributed by atoms with Gasteiger partial charge >= 0.3 is 0 Å². The third kappa shape index (κ3) is 3.10. The number of rotatable bonds is 4. The molecule has 8 heteroatoms. The van der Waals surface area contributed by atoms with Gasteiger partial charge in [-0.3, -0.25) is 0 Å². The summed E-state index contributed by atoms with van der Waals surface area (Å²) in [6.07, 6.45) is 4.12. The van der Waals surface area contributed by atoms with Crippen LogP contribution >= 0.6 is 22.9 Å². The number of anilines is 2. The molecule has 1 N–H and O–H groups in total. The van der Waals surface area contributed by atoms with Gasteiger partial charge in [-0.2, -0.15) is 15.0 Å². The smallest absolute Gasteiger partial charge is 0.231 e. The zero-order valence-corrected chi connectivity index (χ0v) is 11.8. The predicted molar refractivity (Wildman–Crippen MR) is 75.7 cm³/mol. The number of nitrogens with zero attached hydrogens (tertiary/aromatic N) is 5. The second kappa shape index (κ2) is 5.66. The molecule has 3 heterocycles. The van der Waals surface area contributed by atoms with Crippen LogP contribution in [0.3, 0.4) is 0 Å². The molecule has 0 bridgehead atoms. The molecule has 19 heavy (non-hydrogen) atoms. The molecule has 0 amide bonds. The largest absolute Gasteiger partial charge is 0.348 e. The highest BCUT2D eigenvalue weighted by Crippen LogP contribution is 2.19. The molecule has 1 saturated heterocycles. The third-order valence-electron chi connectivity index (χ3n) is 2.87. The minimum absolute atomic E-state index is 0.221. The van der Waals surface area contributed by atoms with Crippen molar-refractivity contribution in [2.24, 2.45) is 0 Å². The Morgan fingerprint density at radius 1 is 1.26 bits per heavy atom. The van der Waals surface area contributed by atoms with Crippen LogP contribution in [0, 0.1) is 0 Å². The van der Waals surface area contributed by atoms with Crippen molar-refractivity contribution in [3.63, 3.8) is 0 Å². The van der Waals surface area contributed by atoms with Crippen molar-refractivity contribution in [2.75, 3.05) is 23.3 Å². The van der Waals surface area contributed by atoms with Gasteiger partial charge in [0.25, 0.3) is 0 Å². The molecule has 1 aliphatic rings. The number of hydrogen-bond donors (Lipinski definition) is 1. The fraction of sp³-hybridized carbons (Fsp3) is 0.455. The monoisotopic (exact) mass is 296 g/mol. The van der Waals surface area contributed by atoms with E-state index in [0.717, 1.165) is 18.1 Å². The van der Waals surface area contributed by atoms with Gasteiger partial charge in [-0.1, -0.05) is 0 Å². The van der Waals surface area contributed by atoms with Gasteiger partial charge in [0, 0.05) is 24.7 Å². The minimum Gasteiger partial charge on any atom is -0.348 e. The van der Waals surface area contributed by atoms with Crippen LogP contribution < -0.4 is 10.2 Å². The normalized spacial score (nSPS) is 14.9. The number of nitrogens with one attached hydrogen (secondary N) is 1. The maximum Gasteiger partial charge on any atom is 0.231 e. The number of halogens is 1. The van der Waals surface area contributed by atoms with E-state index in [9.17, 15) is 0 Å². The summed E-state index contributed by atoms with van der Waals surface area (Å²) >= 11 is 7.53. The van der Waals surface area contributed by atoms with Crippen molar-refractivity contribution in [1.29, 1.82) is 0 Å². The topological polar surface area (TPSA) is 66.8 Å².